The predicted octanol–water partition coefficient (Wildman–Crippen LogP) is 4.36. The molecule has 28 heavy (non-hydrogen) atoms. The lowest BCUT2D eigenvalue weighted by Crippen LogP contribution is -2.33. The summed E-state index contributed by atoms with van der Waals surface area (Å²) in [5.41, 5.74) is 4.02. The lowest BCUT2D eigenvalue weighted by atomic mass is 9.75. The summed E-state index contributed by atoms with van der Waals surface area (Å²) in [6.45, 7) is 4.15. The Kier molecular flexibility index (Phi) is 4.81. The fraction of sp³-hybridized carbons (Fsp3) is 0.333. The van der Waals surface area contributed by atoms with Gasteiger partial charge in [-0.2, -0.15) is 0 Å². The molecule has 0 radical (unpaired) electrons. The molecule has 0 atom stereocenters. The Bertz CT molecular complexity index is 1010. The zero-order valence-corrected chi connectivity index (χ0v) is 16.8. The number of hydrogen-bond acceptors (Lipinski definition) is 7. The molecule has 2 heterocycles. The van der Waals surface area contributed by atoms with Gasteiger partial charge < -0.3 is 15.8 Å². The highest BCUT2D eigenvalue weighted by molar-refractivity contribution is 8.15. The van der Waals surface area contributed by atoms with E-state index in [4.69, 9.17) is 10.8 Å². The number of nitrogens with one attached hydrogen (secondary N) is 3. The molecule has 144 valence electrons. The summed E-state index contributed by atoms with van der Waals surface area (Å²) >= 11 is 1.33. The first-order valence-electron chi connectivity index (χ1n) is 9.33. The first kappa shape index (κ1) is 18.8. The molecular weight excluding hydrogens is 370 g/mol. The summed E-state index contributed by atoms with van der Waals surface area (Å²) in [5.74, 6) is 0.693. The number of nitrogens with zero attached hydrogens (tertiary/aromatic N) is 2. The Labute approximate surface area is 168 Å². The number of thioether (sulfide) groups is 1. The maximum Gasteiger partial charge on any atom is 0.144 e. The molecule has 1 fully saturated rings. The van der Waals surface area contributed by atoms with Gasteiger partial charge in [-0.15, -0.1) is 0 Å². The monoisotopic (exact) mass is 393 g/mol. The second-order valence-electron chi connectivity index (χ2n) is 7.40. The van der Waals surface area contributed by atoms with Crippen LogP contribution >= 0.6 is 11.8 Å². The number of rotatable bonds is 5. The second kappa shape index (κ2) is 7.14. The standard InChI is InChI=1S/C21H23N5OS/c1-12(13(2)22)16-17-18(28-19(16)23)20(26-11-25-17)24-10-14-5-3-6-15(9-14)21(27)7-4-8-21/h3,5-6,9,11,22-23,27H,4,7-8,10H2,1-2H3,(H,24,25,26)/b16-12-,22-13?,23-19?. The van der Waals surface area contributed by atoms with Crippen molar-refractivity contribution in [3.63, 3.8) is 0 Å². The van der Waals surface area contributed by atoms with Crippen molar-refractivity contribution in [2.24, 2.45) is 0 Å². The van der Waals surface area contributed by atoms with Gasteiger partial charge in [-0.05, 0) is 49.8 Å². The topological polar surface area (TPSA) is 106 Å². The van der Waals surface area contributed by atoms with E-state index < -0.39 is 5.60 Å². The molecule has 1 saturated carbocycles. The largest absolute Gasteiger partial charge is 0.385 e. The zero-order valence-electron chi connectivity index (χ0n) is 16.0. The van der Waals surface area contributed by atoms with Gasteiger partial charge in [0.2, 0.25) is 0 Å². The Hall–Kier alpha value is -2.51. The molecule has 1 aromatic heterocycles. The molecule has 6 nitrogen and oxygen atoms in total. The number of benzene rings is 1. The molecule has 2 aromatic rings. The van der Waals surface area contributed by atoms with Crippen LogP contribution in [0.15, 0.2) is 41.1 Å². The lowest BCUT2D eigenvalue weighted by molar-refractivity contribution is -0.0388. The van der Waals surface area contributed by atoms with Gasteiger partial charge in [-0.1, -0.05) is 36.0 Å². The van der Waals surface area contributed by atoms with Crippen molar-refractivity contribution in [1.29, 1.82) is 10.8 Å². The normalized spacial score (nSPS) is 19.0. The minimum absolute atomic E-state index is 0.400. The van der Waals surface area contributed by atoms with Gasteiger partial charge in [0, 0.05) is 17.8 Å². The molecule has 0 bridgehead atoms. The van der Waals surface area contributed by atoms with Crippen molar-refractivity contribution in [2.75, 3.05) is 5.32 Å². The molecule has 0 amide bonds. The number of aromatic nitrogens is 2. The van der Waals surface area contributed by atoms with Crippen molar-refractivity contribution in [3.05, 3.63) is 53.0 Å². The predicted molar refractivity (Wildman–Crippen MR) is 113 cm³/mol. The van der Waals surface area contributed by atoms with E-state index in [1.807, 2.05) is 25.1 Å². The minimum atomic E-state index is -0.668. The van der Waals surface area contributed by atoms with Crippen molar-refractivity contribution in [3.8, 4) is 0 Å². The van der Waals surface area contributed by atoms with Crippen LogP contribution in [0.3, 0.4) is 0 Å². The molecule has 1 aliphatic carbocycles. The maximum atomic E-state index is 10.6. The van der Waals surface area contributed by atoms with E-state index in [1.54, 1.807) is 6.92 Å². The Balaban J connectivity index is 1.58. The Morgan fingerprint density at radius 3 is 2.75 bits per heavy atom. The third kappa shape index (κ3) is 3.25. The molecule has 0 spiro atoms. The van der Waals surface area contributed by atoms with Crippen LogP contribution in [0.1, 0.15) is 49.9 Å². The van der Waals surface area contributed by atoms with E-state index in [9.17, 15) is 5.11 Å². The second-order valence-corrected chi connectivity index (χ2v) is 8.42. The van der Waals surface area contributed by atoms with E-state index in [1.165, 1.54) is 18.1 Å². The molecule has 0 unspecified atom stereocenters. The minimum Gasteiger partial charge on any atom is -0.385 e. The summed E-state index contributed by atoms with van der Waals surface area (Å²) in [4.78, 5) is 9.58. The van der Waals surface area contributed by atoms with Gasteiger partial charge in [0.25, 0.3) is 0 Å². The van der Waals surface area contributed by atoms with Crippen LogP contribution in [0.4, 0.5) is 5.82 Å². The summed E-state index contributed by atoms with van der Waals surface area (Å²) in [6, 6.07) is 8.05. The highest BCUT2D eigenvalue weighted by atomic mass is 32.2. The maximum absolute atomic E-state index is 10.6. The number of fused-ring (bicyclic) bond motifs is 1. The van der Waals surface area contributed by atoms with Gasteiger partial charge in [0.1, 0.15) is 17.2 Å². The zero-order chi connectivity index (χ0) is 19.9. The number of aliphatic hydroxyl groups is 1. The highest BCUT2D eigenvalue weighted by Crippen LogP contribution is 2.44. The van der Waals surface area contributed by atoms with Crippen molar-refractivity contribution in [1.82, 2.24) is 9.97 Å². The van der Waals surface area contributed by atoms with E-state index in [-0.39, 0.29) is 0 Å². The summed E-state index contributed by atoms with van der Waals surface area (Å²) in [7, 11) is 0. The van der Waals surface area contributed by atoms with Gasteiger partial charge in [-0.3, -0.25) is 5.41 Å². The number of allylic oxidation sites excluding steroid dienone is 1. The summed E-state index contributed by atoms with van der Waals surface area (Å²) in [6.07, 6.45) is 4.21. The first-order valence-corrected chi connectivity index (χ1v) is 10.1. The molecule has 1 aromatic carbocycles. The van der Waals surface area contributed by atoms with E-state index in [0.717, 1.165) is 40.9 Å². The van der Waals surface area contributed by atoms with Crippen LogP contribution in [0.2, 0.25) is 0 Å². The van der Waals surface area contributed by atoms with Crippen LogP contribution in [-0.4, -0.2) is 25.8 Å². The van der Waals surface area contributed by atoms with Gasteiger partial charge in [-0.25, -0.2) is 9.97 Å². The molecule has 4 N–H and O–H groups in total. The van der Waals surface area contributed by atoms with Crippen LogP contribution in [0.5, 0.6) is 0 Å². The third-order valence-corrected chi connectivity index (χ3v) is 6.51. The van der Waals surface area contributed by atoms with Gasteiger partial charge in [0.15, 0.2) is 0 Å². The van der Waals surface area contributed by atoms with E-state index in [0.29, 0.717) is 34.4 Å². The van der Waals surface area contributed by atoms with Gasteiger partial charge >= 0.3 is 0 Å². The Morgan fingerprint density at radius 1 is 1.29 bits per heavy atom. The SMILES string of the molecule is CC(=N)/C(C)=C1\C(=N)Sc2c(NCc3cccc(C4(O)CCC4)c3)ncnc21. The summed E-state index contributed by atoms with van der Waals surface area (Å²) < 4.78 is 0. The smallest absolute Gasteiger partial charge is 0.144 e. The van der Waals surface area contributed by atoms with Crippen LogP contribution < -0.4 is 5.32 Å². The number of anilines is 1. The first-order chi connectivity index (χ1) is 13.4. The Morgan fingerprint density at radius 2 is 2.07 bits per heavy atom. The lowest BCUT2D eigenvalue weighted by Gasteiger charge is -2.37. The molecule has 7 heteroatoms. The molecule has 4 rings (SSSR count). The average Bonchev–Trinajstić information content (AvgIpc) is 3.00. The highest BCUT2D eigenvalue weighted by Gasteiger charge is 2.36. The molecule has 2 aliphatic rings. The molecule has 1 aliphatic heterocycles. The van der Waals surface area contributed by atoms with Crippen LogP contribution in [0, 0.1) is 10.8 Å². The quantitative estimate of drug-likeness (QED) is 0.565. The molecular formula is C21H23N5OS. The average molecular weight is 394 g/mol. The third-order valence-electron chi connectivity index (χ3n) is 5.51. The van der Waals surface area contributed by atoms with Crippen LogP contribution in [0.25, 0.3) is 5.57 Å². The van der Waals surface area contributed by atoms with E-state index >= 15 is 0 Å². The van der Waals surface area contributed by atoms with Crippen molar-refractivity contribution in [2.45, 2.75) is 50.2 Å². The summed E-state index contributed by atoms with van der Waals surface area (Å²) in [5, 5.41) is 30.6. The van der Waals surface area contributed by atoms with E-state index in [2.05, 4.69) is 21.4 Å². The van der Waals surface area contributed by atoms with Crippen LogP contribution in [-0.2, 0) is 12.1 Å². The molecule has 0 saturated heterocycles. The van der Waals surface area contributed by atoms with Gasteiger partial charge in [0.05, 0.1) is 16.2 Å². The fourth-order valence-electron chi connectivity index (χ4n) is 3.53. The van der Waals surface area contributed by atoms with Crippen molar-refractivity contribution >= 4 is 33.9 Å². The fourth-order valence-corrected chi connectivity index (χ4v) is 4.56. The number of hydrogen-bond donors (Lipinski definition) is 4. The van der Waals surface area contributed by atoms with Crippen molar-refractivity contribution < 1.29 is 5.11 Å².